The highest BCUT2D eigenvalue weighted by molar-refractivity contribution is 5.96. The molecule has 2 atom stereocenters. The number of nitrogens with one attached hydrogen (secondary N) is 3. The predicted octanol–water partition coefficient (Wildman–Crippen LogP) is -0.481. The van der Waals surface area contributed by atoms with E-state index in [-0.39, 0.29) is 30.5 Å². The average molecular weight is 277 g/mol. The van der Waals surface area contributed by atoms with Crippen molar-refractivity contribution in [2.75, 3.05) is 26.7 Å². The van der Waals surface area contributed by atoms with Crippen molar-refractivity contribution in [3.8, 4) is 0 Å². The van der Waals surface area contributed by atoms with Gasteiger partial charge in [-0.3, -0.25) is 9.59 Å². The molecular weight excluding hydrogens is 258 g/mol. The number of ether oxygens (including phenoxy) is 1. The SMILES string of the molecule is CO[C@H]1CNCC1NC(=O)CNC(=O)c1ccccc1. The smallest absolute Gasteiger partial charge is 0.251 e. The lowest BCUT2D eigenvalue weighted by Gasteiger charge is -2.18. The molecule has 1 saturated heterocycles. The zero-order valence-corrected chi connectivity index (χ0v) is 11.4. The van der Waals surface area contributed by atoms with Crippen LogP contribution in [0.15, 0.2) is 30.3 Å². The standard InChI is InChI=1S/C14H19N3O3/c1-20-12-8-15-7-11(12)17-13(18)9-16-14(19)10-5-3-2-4-6-10/h2-6,11-12,15H,7-9H2,1H3,(H,16,19)(H,17,18)/t11?,12-/m0/s1. The number of hydrogen-bond acceptors (Lipinski definition) is 4. The monoisotopic (exact) mass is 277 g/mol. The number of carbonyl (C=O) groups is 2. The first kappa shape index (κ1) is 14.5. The van der Waals surface area contributed by atoms with E-state index in [0.717, 1.165) is 6.54 Å². The Kier molecular flexibility index (Phi) is 5.09. The minimum atomic E-state index is -0.256. The Morgan fingerprint density at radius 2 is 2.05 bits per heavy atom. The van der Waals surface area contributed by atoms with Gasteiger partial charge in [0.05, 0.1) is 18.7 Å². The highest BCUT2D eigenvalue weighted by Gasteiger charge is 2.27. The Balaban J connectivity index is 1.76. The minimum Gasteiger partial charge on any atom is -0.378 e. The van der Waals surface area contributed by atoms with Crippen LogP contribution in [-0.2, 0) is 9.53 Å². The number of rotatable bonds is 5. The first-order chi connectivity index (χ1) is 9.70. The van der Waals surface area contributed by atoms with Gasteiger partial charge in [-0.05, 0) is 12.1 Å². The third-order valence-corrected chi connectivity index (χ3v) is 3.25. The van der Waals surface area contributed by atoms with Gasteiger partial charge in [0.1, 0.15) is 0 Å². The quantitative estimate of drug-likeness (QED) is 0.679. The van der Waals surface area contributed by atoms with Crippen molar-refractivity contribution >= 4 is 11.8 Å². The van der Waals surface area contributed by atoms with Crippen LogP contribution in [0.25, 0.3) is 0 Å². The van der Waals surface area contributed by atoms with E-state index in [1.807, 2.05) is 6.07 Å². The summed E-state index contributed by atoms with van der Waals surface area (Å²) in [6.07, 6.45) is -0.0243. The second-order valence-electron chi connectivity index (χ2n) is 4.66. The lowest BCUT2D eigenvalue weighted by Crippen LogP contribution is -2.47. The largest absolute Gasteiger partial charge is 0.378 e. The number of hydrogen-bond donors (Lipinski definition) is 3. The lowest BCUT2D eigenvalue weighted by molar-refractivity contribution is -0.121. The van der Waals surface area contributed by atoms with Crippen molar-refractivity contribution in [1.82, 2.24) is 16.0 Å². The fourth-order valence-corrected chi connectivity index (χ4v) is 2.16. The fourth-order valence-electron chi connectivity index (χ4n) is 2.16. The molecule has 0 bridgehead atoms. The van der Waals surface area contributed by atoms with Gasteiger partial charge in [0, 0.05) is 25.8 Å². The first-order valence-corrected chi connectivity index (χ1v) is 6.57. The van der Waals surface area contributed by atoms with E-state index in [1.54, 1.807) is 31.4 Å². The molecule has 1 fully saturated rings. The van der Waals surface area contributed by atoms with Gasteiger partial charge in [0.15, 0.2) is 0 Å². The highest BCUT2D eigenvalue weighted by Crippen LogP contribution is 2.03. The van der Waals surface area contributed by atoms with Crippen LogP contribution in [-0.4, -0.2) is 50.7 Å². The van der Waals surface area contributed by atoms with E-state index in [1.165, 1.54) is 0 Å². The Labute approximate surface area is 117 Å². The number of methoxy groups -OCH3 is 1. The van der Waals surface area contributed by atoms with E-state index in [0.29, 0.717) is 12.1 Å². The van der Waals surface area contributed by atoms with Gasteiger partial charge < -0.3 is 20.7 Å². The fraction of sp³-hybridized carbons (Fsp3) is 0.429. The van der Waals surface area contributed by atoms with Gasteiger partial charge in [-0.2, -0.15) is 0 Å². The maximum Gasteiger partial charge on any atom is 0.251 e. The van der Waals surface area contributed by atoms with Crippen LogP contribution < -0.4 is 16.0 Å². The summed E-state index contributed by atoms with van der Waals surface area (Å²) >= 11 is 0. The first-order valence-electron chi connectivity index (χ1n) is 6.57. The third-order valence-electron chi connectivity index (χ3n) is 3.25. The second kappa shape index (κ2) is 7.02. The normalized spacial score (nSPS) is 21.4. The summed E-state index contributed by atoms with van der Waals surface area (Å²) in [5.74, 6) is -0.474. The van der Waals surface area contributed by atoms with E-state index in [2.05, 4.69) is 16.0 Å². The summed E-state index contributed by atoms with van der Waals surface area (Å²) in [6.45, 7) is 1.36. The van der Waals surface area contributed by atoms with Gasteiger partial charge in [-0.1, -0.05) is 18.2 Å². The van der Waals surface area contributed by atoms with Crippen LogP contribution in [0.2, 0.25) is 0 Å². The summed E-state index contributed by atoms with van der Waals surface area (Å²) in [6, 6.07) is 8.75. The molecule has 3 N–H and O–H groups in total. The summed E-state index contributed by atoms with van der Waals surface area (Å²) in [5, 5.41) is 8.58. The Bertz CT molecular complexity index is 464. The molecule has 1 aliphatic rings. The van der Waals surface area contributed by atoms with Gasteiger partial charge >= 0.3 is 0 Å². The average Bonchev–Trinajstić information content (AvgIpc) is 2.92. The van der Waals surface area contributed by atoms with E-state index < -0.39 is 0 Å². The molecule has 0 aliphatic carbocycles. The van der Waals surface area contributed by atoms with Crippen molar-refractivity contribution in [2.24, 2.45) is 0 Å². The highest BCUT2D eigenvalue weighted by atomic mass is 16.5. The lowest BCUT2D eigenvalue weighted by atomic mass is 10.2. The predicted molar refractivity (Wildman–Crippen MR) is 74.4 cm³/mol. The zero-order chi connectivity index (χ0) is 14.4. The third kappa shape index (κ3) is 3.79. The summed E-state index contributed by atoms with van der Waals surface area (Å²) < 4.78 is 5.25. The van der Waals surface area contributed by atoms with Crippen molar-refractivity contribution in [1.29, 1.82) is 0 Å². The van der Waals surface area contributed by atoms with E-state index >= 15 is 0 Å². The summed E-state index contributed by atoms with van der Waals surface area (Å²) in [5.41, 5.74) is 0.539. The van der Waals surface area contributed by atoms with Gasteiger partial charge in [0.25, 0.3) is 5.91 Å². The van der Waals surface area contributed by atoms with Crippen LogP contribution in [0.5, 0.6) is 0 Å². The van der Waals surface area contributed by atoms with Crippen LogP contribution in [0.1, 0.15) is 10.4 Å². The van der Waals surface area contributed by atoms with Crippen LogP contribution in [0, 0.1) is 0 Å². The molecule has 108 valence electrons. The molecule has 1 unspecified atom stereocenters. The van der Waals surface area contributed by atoms with Crippen LogP contribution in [0.4, 0.5) is 0 Å². The molecule has 0 spiro atoms. The van der Waals surface area contributed by atoms with Crippen LogP contribution in [0.3, 0.4) is 0 Å². The van der Waals surface area contributed by atoms with Crippen molar-refractivity contribution in [3.63, 3.8) is 0 Å². The Morgan fingerprint density at radius 1 is 1.30 bits per heavy atom. The molecule has 1 aromatic rings. The van der Waals surface area contributed by atoms with Gasteiger partial charge in [-0.25, -0.2) is 0 Å². The molecule has 1 aliphatic heterocycles. The molecule has 0 radical (unpaired) electrons. The van der Waals surface area contributed by atoms with Crippen molar-refractivity contribution in [3.05, 3.63) is 35.9 Å². The Morgan fingerprint density at radius 3 is 2.75 bits per heavy atom. The summed E-state index contributed by atoms with van der Waals surface area (Å²) in [7, 11) is 1.62. The van der Waals surface area contributed by atoms with Gasteiger partial charge in [-0.15, -0.1) is 0 Å². The summed E-state index contributed by atoms with van der Waals surface area (Å²) in [4.78, 5) is 23.6. The molecule has 6 heteroatoms. The zero-order valence-electron chi connectivity index (χ0n) is 11.4. The molecule has 6 nitrogen and oxygen atoms in total. The van der Waals surface area contributed by atoms with Crippen LogP contribution >= 0.6 is 0 Å². The Hall–Kier alpha value is -1.92. The molecule has 1 heterocycles. The molecule has 20 heavy (non-hydrogen) atoms. The molecule has 0 saturated carbocycles. The molecule has 1 aromatic carbocycles. The van der Waals surface area contributed by atoms with E-state index in [4.69, 9.17) is 4.74 Å². The van der Waals surface area contributed by atoms with Crippen molar-refractivity contribution < 1.29 is 14.3 Å². The topological polar surface area (TPSA) is 79.5 Å². The molecule has 0 aromatic heterocycles. The van der Waals surface area contributed by atoms with E-state index in [9.17, 15) is 9.59 Å². The van der Waals surface area contributed by atoms with Gasteiger partial charge in [0.2, 0.25) is 5.91 Å². The maximum atomic E-state index is 11.8. The molecular formula is C14H19N3O3. The maximum absolute atomic E-state index is 11.8. The second-order valence-corrected chi connectivity index (χ2v) is 4.66. The molecule has 2 rings (SSSR count). The molecule has 2 amide bonds. The van der Waals surface area contributed by atoms with Crippen molar-refractivity contribution in [2.45, 2.75) is 12.1 Å². The minimum absolute atomic E-state index is 0.0243. The number of amides is 2. The number of carbonyl (C=O) groups excluding carboxylic acids is 2. The number of benzene rings is 1.